The molecule has 120 valence electrons. The van der Waals surface area contributed by atoms with Gasteiger partial charge in [0.15, 0.2) is 0 Å². The van der Waals surface area contributed by atoms with Gasteiger partial charge in [0.05, 0.1) is 12.0 Å². The maximum atomic E-state index is 13.6. The maximum absolute atomic E-state index is 13.6. The summed E-state index contributed by atoms with van der Waals surface area (Å²) in [5.74, 6) is 0.0513. The zero-order valence-electron chi connectivity index (χ0n) is 12.5. The Hall–Kier alpha value is -1.88. The summed E-state index contributed by atoms with van der Waals surface area (Å²) in [5, 5.41) is 3.28. The highest BCUT2D eigenvalue weighted by molar-refractivity contribution is 7.99. The molecule has 23 heavy (non-hydrogen) atoms. The van der Waals surface area contributed by atoms with Crippen molar-refractivity contribution in [3.05, 3.63) is 65.7 Å². The predicted octanol–water partition coefficient (Wildman–Crippen LogP) is 4.44. The Bertz CT molecular complexity index is 672. The van der Waals surface area contributed by atoms with Crippen molar-refractivity contribution in [3.63, 3.8) is 0 Å². The third-order valence-electron chi connectivity index (χ3n) is 3.95. The van der Waals surface area contributed by atoms with Crippen LogP contribution in [0.25, 0.3) is 0 Å². The molecule has 0 aromatic heterocycles. The summed E-state index contributed by atoms with van der Waals surface area (Å²) in [4.78, 5) is 12.3. The van der Waals surface area contributed by atoms with Gasteiger partial charge in [0.25, 0.3) is 0 Å². The lowest BCUT2D eigenvalue weighted by Gasteiger charge is -2.30. The van der Waals surface area contributed by atoms with Gasteiger partial charge in [-0.3, -0.25) is 4.79 Å². The smallest absolute Gasteiger partial charge is 0.140 e. The molecule has 2 nitrogen and oxygen atoms in total. The SMILES string of the molecule is O=C1CCSC[C@@H]1[C@H](Nc1ccccc1)c1cc(F)cc(F)c1. The molecule has 0 bridgehead atoms. The van der Waals surface area contributed by atoms with Crippen molar-refractivity contribution < 1.29 is 13.6 Å². The van der Waals surface area contributed by atoms with Gasteiger partial charge in [-0.05, 0) is 29.8 Å². The van der Waals surface area contributed by atoms with Crippen LogP contribution >= 0.6 is 11.8 Å². The minimum Gasteiger partial charge on any atom is -0.377 e. The summed E-state index contributed by atoms with van der Waals surface area (Å²) in [6.45, 7) is 0. The van der Waals surface area contributed by atoms with Crippen LogP contribution in [0.2, 0.25) is 0 Å². The van der Waals surface area contributed by atoms with Crippen molar-refractivity contribution in [3.8, 4) is 0 Å². The van der Waals surface area contributed by atoms with E-state index in [-0.39, 0.29) is 11.7 Å². The van der Waals surface area contributed by atoms with E-state index in [2.05, 4.69) is 5.32 Å². The number of rotatable bonds is 4. The molecule has 1 saturated heterocycles. The Balaban J connectivity index is 1.96. The molecular formula is C18H17F2NOS. The quantitative estimate of drug-likeness (QED) is 0.897. The molecule has 0 unspecified atom stereocenters. The fourth-order valence-corrected chi connectivity index (χ4v) is 3.97. The largest absolute Gasteiger partial charge is 0.377 e. The van der Waals surface area contributed by atoms with Crippen molar-refractivity contribution >= 4 is 23.2 Å². The molecule has 1 aliphatic heterocycles. The molecule has 1 aliphatic rings. The van der Waals surface area contributed by atoms with Gasteiger partial charge in [0, 0.05) is 29.7 Å². The zero-order chi connectivity index (χ0) is 16.2. The van der Waals surface area contributed by atoms with Crippen LogP contribution in [0, 0.1) is 17.6 Å². The third kappa shape index (κ3) is 3.91. The average Bonchev–Trinajstić information content (AvgIpc) is 2.53. The fraction of sp³-hybridized carbons (Fsp3) is 0.278. The van der Waals surface area contributed by atoms with Crippen molar-refractivity contribution in [2.75, 3.05) is 16.8 Å². The Labute approximate surface area is 138 Å². The molecule has 5 heteroatoms. The minimum atomic E-state index is -0.629. The molecule has 0 aliphatic carbocycles. The second kappa shape index (κ2) is 7.13. The van der Waals surface area contributed by atoms with E-state index in [0.717, 1.165) is 17.5 Å². The molecular weight excluding hydrogens is 316 g/mol. The van der Waals surface area contributed by atoms with Gasteiger partial charge >= 0.3 is 0 Å². The normalized spacial score (nSPS) is 19.4. The molecule has 1 heterocycles. The van der Waals surface area contributed by atoms with Crippen LogP contribution in [0.15, 0.2) is 48.5 Å². The standard InChI is InChI=1S/C18H17F2NOS/c19-13-8-12(9-14(20)10-13)18(16-11-23-7-6-17(16)22)21-15-4-2-1-3-5-15/h1-5,8-10,16,18,21H,6-7,11H2/t16-,18+/m0/s1. The minimum absolute atomic E-state index is 0.141. The van der Waals surface area contributed by atoms with Crippen LogP contribution in [0.3, 0.4) is 0 Å². The van der Waals surface area contributed by atoms with Gasteiger partial charge in [0.2, 0.25) is 0 Å². The molecule has 3 rings (SSSR count). The first kappa shape index (κ1) is 16.0. The average molecular weight is 333 g/mol. The van der Waals surface area contributed by atoms with Gasteiger partial charge in [-0.1, -0.05) is 18.2 Å². The van der Waals surface area contributed by atoms with Gasteiger partial charge in [-0.2, -0.15) is 11.8 Å². The number of thioether (sulfide) groups is 1. The van der Waals surface area contributed by atoms with E-state index in [1.54, 1.807) is 11.8 Å². The van der Waals surface area contributed by atoms with E-state index < -0.39 is 17.7 Å². The number of ketones is 1. The number of carbonyl (C=O) groups is 1. The summed E-state index contributed by atoms with van der Waals surface area (Å²) in [6.07, 6.45) is 0.500. The Kier molecular flexibility index (Phi) is 4.96. The summed E-state index contributed by atoms with van der Waals surface area (Å²) >= 11 is 1.70. The van der Waals surface area contributed by atoms with Gasteiger partial charge in [0.1, 0.15) is 17.4 Å². The number of Topliss-reactive ketones (excluding diaryl/α,β-unsaturated/α-hetero) is 1. The second-order valence-corrected chi connectivity index (χ2v) is 6.74. The summed E-state index contributed by atoms with van der Waals surface area (Å²) in [6, 6.07) is 12.4. The number of anilines is 1. The summed E-state index contributed by atoms with van der Waals surface area (Å²) in [7, 11) is 0. The number of hydrogen-bond donors (Lipinski definition) is 1. The lowest BCUT2D eigenvalue weighted by molar-refractivity contribution is -0.122. The molecule has 2 atom stereocenters. The van der Waals surface area contributed by atoms with Crippen LogP contribution in [-0.2, 0) is 4.79 Å². The first-order valence-electron chi connectivity index (χ1n) is 7.51. The van der Waals surface area contributed by atoms with Crippen molar-refractivity contribution in [2.45, 2.75) is 12.5 Å². The number of nitrogens with one attached hydrogen (secondary N) is 1. The van der Waals surface area contributed by atoms with E-state index >= 15 is 0 Å². The van der Waals surface area contributed by atoms with E-state index in [0.29, 0.717) is 17.7 Å². The van der Waals surface area contributed by atoms with Crippen LogP contribution in [-0.4, -0.2) is 17.3 Å². The molecule has 0 radical (unpaired) electrons. The lowest BCUT2D eigenvalue weighted by Crippen LogP contribution is -2.32. The molecule has 0 saturated carbocycles. The molecule has 1 N–H and O–H groups in total. The number of hydrogen-bond acceptors (Lipinski definition) is 3. The molecule has 1 fully saturated rings. The summed E-state index contributed by atoms with van der Waals surface area (Å²) < 4.78 is 27.3. The Morgan fingerprint density at radius 2 is 1.78 bits per heavy atom. The van der Waals surface area contributed by atoms with Gasteiger partial charge in [-0.25, -0.2) is 8.78 Å². The number of carbonyl (C=O) groups excluding carboxylic acids is 1. The molecule has 0 amide bonds. The van der Waals surface area contributed by atoms with Crippen LogP contribution in [0.1, 0.15) is 18.0 Å². The van der Waals surface area contributed by atoms with Crippen LogP contribution < -0.4 is 5.32 Å². The van der Waals surface area contributed by atoms with Crippen LogP contribution in [0.4, 0.5) is 14.5 Å². The Morgan fingerprint density at radius 3 is 2.43 bits per heavy atom. The second-order valence-electron chi connectivity index (χ2n) is 5.59. The first-order chi connectivity index (χ1) is 11.1. The Morgan fingerprint density at radius 1 is 1.09 bits per heavy atom. The molecule has 2 aromatic rings. The fourth-order valence-electron chi connectivity index (χ4n) is 2.83. The predicted molar refractivity (Wildman–Crippen MR) is 89.6 cm³/mol. The highest BCUT2D eigenvalue weighted by Crippen LogP contribution is 2.34. The first-order valence-corrected chi connectivity index (χ1v) is 8.67. The van der Waals surface area contributed by atoms with Gasteiger partial charge < -0.3 is 5.32 Å². The highest BCUT2D eigenvalue weighted by atomic mass is 32.2. The van der Waals surface area contributed by atoms with E-state index in [9.17, 15) is 13.6 Å². The maximum Gasteiger partial charge on any atom is 0.140 e. The van der Waals surface area contributed by atoms with E-state index in [1.807, 2.05) is 30.3 Å². The summed E-state index contributed by atoms with van der Waals surface area (Å²) in [5.41, 5.74) is 1.29. The van der Waals surface area contributed by atoms with E-state index in [1.165, 1.54) is 12.1 Å². The van der Waals surface area contributed by atoms with Crippen LogP contribution in [0.5, 0.6) is 0 Å². The monoisotopic (exact) mass is 333 g/mol. The molecule has 2 aromatic carbocycles. The van der Waals surface area contributed by atoms with Crippen molar-refractivity contribution in [2.24, 2.45) is 5.92 Å². The number of benzene rings is 2. The zero-order valence-corrected chi connectivity index (χ0v) is 13.3. The van der Waals surface area contributed by atoms with Crippen molar-refractivity contribution in [1.82, 2.24) is 0 Å². The third-order valence-corrected chi connectivity index (χ3v) is 5.03. The van der Waals surface area contributed by atoms with Gasteiger partial charge in [-0.15, -0.1) is 0 Å². The topological polar surface area (TPSA) is 29.1 Å². The molecule has 0 spiro atoms. The van der Waals surface area contributed by atoms with E-state index in [4.69, 9.17) is 0 Å². The number of halogens is 2. The van der Waals surface area contributed by atoms with Crippen molar-refractivity contribution in [1.29, 1.82) is 0 Å². The highest BCUT2D eigenvalue weighted by Gasteiger charge is 2.32. The lowest BCUT2D eigenvalue weighted by atomic mass is 9.89. The number of para-hydroxylation sites is 1.